The second-order valence-electron chi connectivity index (χ2n) is 6.29. The smallest absolute Gasteiger partial charge is 0.311 e. The second-order valence-corrected chi connectivity index (χ2v) is 6.29. The maximum atomic E-state index is 12.5. The molecule has 0 atom stereocenters. The Morgan fingerprint density at radius 2 is 1.92 bits per heavy atom. The van der Waals surface area contributed by atoms with Crippen molar-refractivity contribution in [2.45, 2.75) is 39.7 Å². The van der Waals surface area contributed by atoms with E-state index in [1.807, 2.05) is 31.2 Å². The van der Waals surface area contributed by atoms with E-state index in [2.05, 4.69) is 11.9 Å². The number of esters is 1. The third-order valence-electron chi connectivity index (χ3n) is 4.40. The van der Waals surface area contributed by atoms with E-state index in [0.29, 0.717) is 24.1 Å². The Balaban J connectivity index is 1.59. The van der Waals surface area contributed by atoms with Crippen LogP contribution in [-0.4, -0.2) is 15.5 Å². The summed E-state index contributed by atoms with van der Waals surface area (Å²) in [5, 5.41) is 0.603. The molecule has 0 N–H and O–H groups in total. The van der Waals surface area contributed by atoms with Crippen LogP contribution in [0.25, 0.3) is 10.9 Å². The van der Waals surface area contributed by atoms with Crippen LogP contribution in [0.1, 0.15) is 30.9 Å². The fraction of sp³-hybridized carbons (Fsp3) is 0.286. The van der Waals surface area contributed by atoms with Crippen LogP contribution in [0.5, 0.6) is 5.75 Å². The fourth-order valence-corrected chi connectivity index (χ4v) is 2.87. The molecule has 0 aliphatic carbocycles. The third-order valence-corrected chi connectivity index (χ3v) is 4.40. The van der Waals surface area contributed by atoms with Crippen molar-refractivity contribution >= 4 is 16.9 Å². The average molecular weight is 350 g/mol. The highest BCUT2D eigenvalue weighted by Crippen LogP contribution is 2.14. The lowest BCUT2D eigenvalue weighted by Gasteiger charge is -2.08. The summed E-state index contributed by atoms with van der Waals surface area (Å²) in [6.45, 7) is 4.44. The summed E-state index contributed by atoms with van der Waals surface area (Å²) in [7, 11) is 0. The van der Waals surface area contributed by atoms with Crippen LogP contribution in [0, 0.1) is 6.92 Å². The quantitative estimate of drug-likeness (QED) is 0.503. The summed E-state index contributed by atoms with van der Waals surface area (Å²) in [6.07, 6.45) is 3.26. The number of carbonyl (C=O) groups is 1. The molecule has 3 aromatic rings. The number of nitrogens with zero attached hydrogens (tertiary/aromatic N) is 2. The monoisotopic (exact) mass is 350 g/mol. The van der Waals surface area contributed by atoms with Crippen LogP contribution in [0.2, 0.25) is 0 Å². The molecule has 0 saturated heterocycles. The molecule has 5 nitrogen and oxygen atoms in total. The Labute approximate surface area is 152 Å². The number of ether oxygens (including phenoxy) is 1. The largest absolute Gasteiger partial charge is 0.427 e. The van der Waals surface area contributed by atoms with Crippen LogP contribution in [0.15, 0.2) is 53.6 Å². The highest BCUT2D eigenvalue weighted by molar-refractivity contribution is 5.80. The maximum Gasteiger partial charge on any atom is 0.311 e. The topological polar surface area (TPSA) is 61.2 Å². The summed E-state index contributed by atoms with van der Waals surface area (Å²) in [6, 6.07) is 13.1. The summed E-state index contributed by atoms with van der Waals surface area (Å²) < 4.78 is 6.87. The molecule has 0 radical (unpaired) electrons. The molecule has 0 spiro atoms. The number of fused-ring (bicyclic) bond motifs is 1. The molecule has 1 aromatic heterocycles. The highest BCUT2D eigenvalue weighted by atomic mass is 16.5. The zero-order valence-corrected chi connectivity index (χ0v) is 15.1. The van der Waals surface area contributed by atoms with E-state index in [1.165, 1.54) is 5.56 Å². The van der Waals surface area contributed by atoms with Crippen molar-refractivity contribution in [3.8, 4) is 5.75 Å². The van der Waals surface area contributed by atoms with E-state index < -0.39 is 0 Å². The second kappa shape index (κ2) is 7.95. The Kier molecular flexibility index (Phi) is 5.46. The molecule has 0 bridgehead atoms. The van der Waals surface area contributed by atoms with Crippen LogP contribution in [0.4, 0.5) is 0 Å². The molecule has 3 rings (SSSR count). The zero-order valence-electron chi connectivity index (χ0n) is 15.1. The molecule has 0 aliphatic rings. The van der Waals surface area contributed by atoms with Gasteiger partial charge in [0.2, 0.25) is 0 Å². The number of para-hydroxylation sites is 1. The average Bonchev–Trinajstić information content (AvgIpc) is 2.65. The molecular formula is C21H22N2O3. The first-order valence-electron chi connectivity index (χ1n) is 8.83. The van der Waals surface area contributed by atoms with E-state index in [4.69, 9.17) is 4.74 Å². The lowest BCUT2D eigenvalue weighted by Crippen LogP contribution is -2.21. The minimum Gasteiger partial charge on any atom is -0.427 e. The standard InChI is InChI=1S/C21H22N2O3/c1-3-16-9-11-17(12-10-16)26-19(24)8-5-13-23-14-22-20-15(2)6-4-7-18(20)21(23)25/h4,6-7,9-12,14H,3,5,8,13H2,1-2H3. The van der Waals surface area contributed by atoms with Gasteiger partial charge in [-0.15, -0.1) is 0 Å². The van der Waals surface area contributed by atoms with Crippen molar-refractivity contribution in [1.29, 1.82) is 0 Å². The van der Waals surface area contributed by atoms with Gasteiger partial charge < -0.3 is 4.74 Å². The Hall–Kier alpha value is -2.95. The lowest BCUT2D eigenvalue weighted by atomic mass is 10.1. The van der Waals surface area contributed by atoms with Crippen LogP contribution in [-0.2, 0) is 17.8 Å². The predicted molar refractivity (Wildman–Crippen MR) is 101 cm³/mol. The van der Waals surface area contributed by atoms with Crippen molar-refractivity contribution in [3.05, 3.63) is 70.3 Å². The number of benzene rings is 2. The van der Waals surface area contributed by atoms with Gasteiger partial charge in [-0.05, 0) is 49.1 Å². The number of rotatable bonds is 6. The van der Waals surface area contributed by atoms with Gasteiger partial charge in [0, 0.05) is 13.0 Å². The van der Waals surface area contributed by atoms with Crippen LogP contribution in [0.3, 0.4) is 0 Å². The number of hydrogen-bond donors (Lipinski definition) is 0. The summed E-state index contributed by atoms with van der Waals surface area (Å²) in [4.78, 5) is 28.9. The minimum absolute atomic E-state index is 0.0813. The molecule has 2 aromatic carbocycles. The molecule has 0 unspecified atom stereocenters. The lowest BCUT2D eigenvalue weighted by molar-refractivity contribution is -0.134. The van der Waals surface area contributed by atoms with Crippen LogP contribution < -0.4 is 10.3 Å². The number of aryl methyl sites for hydroxylation is 3. The van der Waals surface area contributed by atoms with Gasteiger partial charge >= 0.3 is 5.97 Å². The van der Waals surface area contributed by atoms with E-state index in [0.717, 1.165) is 17.5 Å². The number of aromatic nitrogens is 2. The first-order chi connectivity index (χ1) is 12.6. The molecule has 1 heterocycles. The molecule has 0 amide bonds. The summed E-state index contributed by atoms with van der Waals surface area (Å²) in [5.41, 5.74) is 2.82. The number of hydrogen-bond acceptors (Lipinski definition) is 4. The van der Waals surface area contributed by atoms with Crippen molar-refractivity contribution in [2.75, 3.05) is 0 Å². The normalized spacial score (nSPS) is 10.8. The molecule has 134 valence electrons. The van der Waals surface area contributed by atoms with E-state index in [9.17, 15) is 9.59 Å². The van der Waals surface area contributed by atoms with Crippen molar-refractivity contribution in [2.24, 2.45) is 0 Å². The van der Waals surface area contributed by atoms with Crippen molar-refractivity contribution in [3.63, 3.8) is 0 Å². The summed E-state index contributed by atoms with van der Waals surface area (Å²) >= 11 is 0. The molecule has 0 aliphatic heterocycles. The van der Waals surface area contributed by atoms with Gasteiger partial charge in [-0.25, -0.2) is 4.98 Å². The highest BCUT2D eigenvalue weighted by Gasteiger charge is 2.08. The Morgan fingerprint density at radius 1 is 1.15 bits per heavy atom. The van der Waals surface area contributed by atoms with E-state index in [-0.39, 0.29) is 17.9 Å². The number of carbonyl (C=O) groups excluding carboxylic acids is 1. The molecule has 26 heavy (non-hydrogen) atoms. The van der Waals surface area contributed by atoms with Crippen molar-refractivity contribution in [1.82, 2.24) is 9.55 Å². The molecular weight excluding hydrogens is 328 g/mol. The Bertz CT molecular complexity index is 975. The van der Waals surface area contributed by atoms with Gasteiger partial charge in [-0.3, -0.25) is 14.2 Å². The van der Waals surface area contributed by atoms with E-state index >= 15 is 0 Å². The van der Waals surface area contributed by atoms with Gasteiger partial charge in [-0.1, -0.05) is 31.2 Å². The zero-order chi connectivity index (χ0) is 18.5. The van der Waals surface area contributed by atoms with Gasteiger partial charge in [0.1, 0.15) is 5.75 Å². The van der Waals surface area contributed by atoms with Gasteiger partial charge in [-0.2, -0.15) is 0 Å². The predicted octanol–water partition coefficient (Wildman–Crippen LogP) is 3.65. The molecule has 5 heteroatoms. The first-order valence-corrected chi connectivity index (χ1v) is 8.83. The summed E-state index contributed by atoms with van der Waals surface area (Å²) in [5.74, 6) is 0.249. The Morgan fingerprint density at radius 3 is 2.65 bits per heavy atom. The van der Waals surface area contributed by atoms with Gasteiger partial charge in [0.25, 0.3) is 5.56 Å². The minimum atomic E-state index is -0.299. The van der Waals surface area contributed by atoms with Gasteiger partial charge in [0.15, 0.2) is 0 Å². The first kappa shape index (κ1) is 17.9. The van der Waals surface area contributed by atoms with Crippen molar-refractivity contribution < 1.29 is 9.53 Å². The third kappa shape index (κ3) is 3.99. The molecule has 0 saturated carbocycles. The fourth-order valence-electron chi connectivity index (χ4n) is 2.87. The van der Waals surface area contributed by atoms with E-state index in [1.54, 1.807) is 29.1 Å². The SMILES string of the molecule is CCc1ccc(OC(=O)CCCn2cnc3c(C)cccc3c2=O)cc1. The maximum absolute atomic E-state index is 12.5. The van der Waals surface area contributed by atoms with Crippen LogP contribution >= 0.6 is 0 Å². The molecule has 0 fully saturated rings. The van der Waals surface area contributed by atoms with Gasteiger partial charge in [0.05, 0.1) is 17.2 Å².